The number of aromatic carboxylic acids is 1. The van der Waals surface area contributed by atoms with Gasteiger partial charge in [0, 0.05) is 30.2 Å². The number of carbonyl (C=O) groups is 1. The van der Waals surface area contributed by atoms with E-state index in [1.807, 2.05) is 0 Å². The monoisotopic (exact) mass is 609 g/mol. The van der Waals surface area contributed by atoms with E-state index in [0.29, 0.717) is 6.61 Å². The lowest BCUT2D eigenvalue weighted by Gasteiger charge is -2.27. The number of fused-ring (bicyclic) bond motifs is 1. The van der Waals surface area contributed by atoms with Crippen molar-refractivity contribution in [3.63, 3.8) is 0 Å². The van der Waals surface area contributed by atoms with Gasteiger partial charge in [-0.15, -0.1) is 0 Å². The fourth-order valence-electron chi connectivity index (χ4n) is 5.01. The molecule has 44 heavy (non-hydrogen) atoms. The predicted octanol–water partition coefficient (Wildman–Crippen LogP) is 6.76. The first kappa shape index (κ1) is 29.2. The van der Waals surface area contributed by atoms with E-state index in [-0.39, 0.29) is 81.9 Å². The van der Waals surface area contributed by atoms with E-state index in [2.05, 4.69) is 9.97 Å². The molecule has 1 aliphatic rings. The van der Waals surface area contributed by atoms with Crippen molar-refractivity contribution in [1.82, 2.24) is 14.5 Å². The van der Waals surface area contributed by atoms with E-state index in [1.54, 1.807) is 4.57 Å². The maximum Gasteiger partial charge on any atom is 0.335 e. The van der Waals surface area contributed by atoms with Crippen molar-refractivity contribution in [2.24, 2.45) is 0 Å². The summed E-state index contributed by atoms with van der Waals surface area (Å²) in [5.74, 6) is -4.80. The number of pyridine rings is 1. The molecule has 12 heteroatoms. The van der Waals surface area contributed by atoms with Crippen LogP contribution in [0.5, 0.6) is 5.88 Å². The SMILES string of the molecule is Cc1cc(F)c(COc2cccc(-c3cc(F)c(Cc4nc5c(F)cc(C(=O)O)cc5n4CC4CCO4)cc3F)n2)cc1F. The molecule has 0 amide bonds. The van der Waals surface area contributed by atoms with Crippen molar-refractivity contribution in [3.8, 4) is 17.1 Å². The molecule has 2 aromatic heterocycles. The first-order valence-electron chi connectivity index (χ1n) is 13.6. The lowest BCUT2D eigenvalue weighted by Crippen LogP contribution is -2.31. The van der Waals surface area contributed by atoms with Crippen molar-refractivity contribution in [2.45, 2.75) is 39.0 Å². The zero-order chi connectivity index (χ0) is 31.1. The first-order chi connectivity index (χ1) is 21.1. The van der Waals surface area contributed by atoms with Gasteiger partial charge in [-0.2, -0.15) is 0 Å². The van der Waals surface area contributed by atoms with Crippen molar-refractivity contribution in [2.75, 3.05) is 6.61 Å². The molecule has 1 fully saturated rings. The molecular formula is C32H24F5N3O4. The van der Waals surface area contributed by atoms with E-state index in [0.717, 1.165) is 36.8 Å². The summed E-state index contributed by atoms with van der Waals surface area (Å²) < 4.78 is 86.3. The molecule has 226 valence electrons. The van der Waals surface area contributed by atoms with Crippen molar-refractivity contribution in [3.05, 3.63) is 112 Å². The Kier molecular flexibility index (Phi) is 7.76. The van der Waals surface area contributed by atoms with Gasteiger partial charge in [0.1, 0.15) is 41.2 Å². The number of carboxylic acids is 1. The second-order valence-corrected chi connectivity index (χ2v) is 10.5. The molecule has 1 unspecified atom stereocenters. The van der Waals surface area contributed by atoms with Crippen LogP contribution in [0.25, 0.3) is 22.3 Å². The number of imidazole rings is 1. The van der Waals surface area contributed by atoms with Crippen molar-refractivity contribution < 1.29 is 41.3 Å². The molecule has 0 spiro atoms. The summed E-state index contributed by atoms with van der Waals surface area (Å²) in [6.07, 6.45) is 0.292. The van der Waals surface area contributed by atoms with Crippen LogP contribution in [0.15, 0.2) is 54.6 Å². The highest BCUT2D eigenvalue weighted by Gasteiger charge is 2.25. The van der Waals surface area contributed by atoms with Crippen LogP contribution in [0.4, 0.5) is 22.0 Å². The number of nitrogens with zero attached hydrogens (tertiary/aromatic N) is 3. The summed E-state index contributed by atoms with van der Waals surface area (Å²) in [7, 11) is 0. The summed E-state index contributed by atoms with van der Waals surface area (Å²) >= 11 is 0. The van der Waals surface area contributed by atoms with Gasteiger partial charge >= 0.3 is 5.97 Å². The van der Waals surface area contributed by atoms with Gasteiger partial charge in [0.05, 0.1) is 29.4 Å². The number of aryl methyl sites for hydroxylation is 1. The van der Waals surface area contributed by atoms with Crippen LogP contribution >= 0.6 is 0 Å². The van der Waals surface area contributed by atoms with Crippen LogP contribution in [0, 0.1) is 36.0 Å². The summed E-state index contributed by atoms with van der Waals surface area (Å²) in [5, 5.41) is 9.40. The number of hydrogen-bond acceptors (Lipinski definition) is 5. The average Bonchev–Trinajstić information content (AvgIpc) is 3.31. The highest BCUT2D eigenvalue weighted by molar-refractivity contribution is 5.92. The van der Waals surface area contributed by atoms with E-state index in [1.165, 1.54) is 31.2 Å². The number of aromatic nitrogens is 3. The zero-order valence-electron chi connectivity index (χ0n) is 23.2. The van der Waals surface area contributed by atoms with Gasteiger partial charge in [0.15, 0.2) is 5.82 Å². The molecule has 1 atom stereocenters. The van der Waals surface area contributed by atoms with Gasteiger partial charge in [-0.05, 0) is 66.9 Å². The van der Waals surface area contributed by atoms with Gasteiger partial charge < -0.3 is 19.1 Å². The van der Waals surface area contributed by atoms with Crippen LogP contribution in [0.1, 0.15) is 39.3 Å². The summed E-state index contributed by atoms with van der Waals surface area (Å²) in [6.45, 7) is 1.87. The lowest BCUT2D eigenvalue weighted by molar-refractivity contribution is -0.0589. The van der Waals surface area contributed by atoms with E-state index in [9.17, 15) is 23.1 Å². The first-order valence-corrected chi connectivity index (χ1v) is 13.6. The topological polar surface area (TPSA) is 86.5 Å². The quantitative estimate of drug-likeness (QED) is 0.186. The van der Waals surface area contributed by atoms with Gasteiger partial charge in [-0.3, -0.25) is 0 Å². The third kappa shape index (κ3) is 5.72. The average molecular weight is 610 g/mol. The molecular weight excluding hydrogens is 585 g/mol. The molecule has 0 saturated carbocycles. The molecule has 1 aliphatic heterocycles. The van der Waals surface area contributed by atoms with Crippen LogP contribution in [-0.2, 0) is 24.3 Å². The Morgan fingerprint density at radius 1 is 0.955 bits per heavy atom. The number of carboxylic acid groups (broad SMARTS) is 1. The number of hydrogen-bond donors (Lipinski definition) is 1. The number of ether oxygens (including phenoxy) is 2. The fourth-order valence-corrected chi connectivity index (χ4v) is 5.01. The van der Waals surface area contributed by atoms with Crippen LogP contribution in [0.3, 0.4) is 0 Å². The van der Waals surface area contributed by atoms with Gasteiger partial charge in [0.2, 0.25) is 5.88 Å². The minimum absolute atomic E-state index is 0.0125. The van der Waals surface area contributed by atoms with E-state index < -0.39 is 35.1 Å². The Bertz CT molecular complexity index is 1920. The summed E-state index contributed by atoms with van der Waals surface area (Å²) in [6, 6.07) is 10.6. The third-order valence-electron chi connectivity index (χ3n) is 7.50. The standard InChI is InChI=1S/C32H24F5N3O4/c1-16-7-23(34)19(10-22(16)33)15-44-30-4-2-3-27(38-30)21-13-24(35)17(8-25(21)36)12-29-39-31-26(37)9-18(32(41)42)11-28(31)40(29)14-20-5-6-43-20/h2-4,7-11,13,20H,5-6,12,14-15H2,1H3,(H,41,42). The minimum Gasteiger partial charge on any atom is -0.478 e. The molecule has 3 aromatic carbocycles. The summed E-state index contributed by atoms with van der Waals surface area (Å²) in [4.78, 5) is 20.0. The fraction of sp³-hybridized carbons (Fsp3) is 0.219. The van der Waals surface area contributed by atoms with Gasteiger partial charge in [-0.25, -0.2) is 36.7 Å². The highest BCUT2D eigenvalue weighted by atomic mass is 19.1. The molecule has 0 radical (unpaired) electrons. The zero-order valence-corrected chi connectivity index (χ0v) is 23.2. The van der Waals surface area contributed by atoms with Crippen molar-refractivity contribution in [1.29, 1.82) is 0 Å². The van der Waals surface area contributed by atoms with Crippen LogP contribution in [-0.4, -0.2) is 38.3 Å². The second-order valence-electron chi connectivity index (χ2n) is 10.5. The van der Waals surface area contributed by atoms with Crippen molar-refractivity contribution >= 4 is 17.0 Å². The molecule has 1 N–H and O–H groups in total. The second kappa shape index (κ2) is 11.7. The maximum atomic E-state index is 15.4. The van der Waals surface area contributed by atoms with Gasteiger partial charge in [-0.1, -0.05) is 6.07 Å². The molecule has 5 aromatic rings. The normalized spacial score (nSPS) is 14.5. The molecule has 0 bridgehead atoms. The third-order valence-corrected chi connectivity index (χ3v) is 7.50. The molecule has 0 aliphatic carbocycles. The Morgan fingerprint density at radius 2 is 1.70 bits per heavy atom. The van der Waals surface area contributed by atoms with Gasteiger partial charge in [0.25, 0.3) is 0 Å². The lowest BCUT2D eigenvalue weighted by atomic mass is 10.0. The van der Waals surface area contributed by atoms with E-state index in [4.69, 9.17) is 9.47 Å². The molecule has 1 saturated heterocycles. The predicted molar refractivity (Wildman–Crippen MR) is 149 cm³/mol. The number of rotatable bonds is 9. The van der Waals surface area contributed by atoms with E-state index >= 15 is 8.78 Å². The highest BCUT2D eigenvalue weighted by Crippen LogP contribution is 2.30. The van der Waals surface area contributed by atoms with Crippen LogP contribution in [0.2, 0.25) is 0 Å². The molecule has 6 rings (SSSR count). The minimum atomic E-state index is -1.32. The Hall–Kier alpha value is -4.84. The summed E-state index contributed by atoms with van der Waals surface area (Å²) in [5.41, 5.74) is -0.228. The smallest absolute Gasteiger partial charge is 0.335 e. The maximum absolute atomic E-state index is 15.4. The Morgan fingerprint density at radius 3 is 2.43 bits per heavy atom. The number of benzene rings is 3. The Balaban J connectivity index is 1.28. The Labute approximate surface area is 247 Å². The molecule has 7 nitrogen and oxygen atoms in total. The van der Waals surface area contributed by atoms with Crippen LogP contribution < -0.4 is 4.74 Å². The molecule has 3 heterocycles. The number of halogens is 5. The largest absolute Gasteiger partial charge is 0.478 e.